The topological polar surface area (TPSA) is 29.1 Å². The second kappa shape index (κ2) is 4.69. The third-order valence-electron chi connectivity index (χ3n) is 1.69. The van der Waals surface area contributed by atoms with Crippen molar-refractivity contribution in [3.8, 4) is 0 Å². The number of alkyl halides is 2. The van der Waals surface area contributed by atoms with Crippen LogP contribution in [0.15, 0.2) is 24.3 Å². The molecule has 1 rings (SSSR count). The number of nitrogens with one attached hydrogen (secondary N) is 1. The summed E-state index contributed by atoms with van der Waals surface area (Å²) in [5, 5.41) is 2.11. The largest absolute Gasteiger partial charge is 0.347 e. The first-order valence-corrected chi connectivity index (χ1v) is 4.06. The highest BCUT2D eigenvalue weighted by molar-refractivity contribution is 5.78. The van der Waals surface area contributed by atoms with Crippen LogP contribution >= 0.6 is 0 Å². The zero-order chi connectivity index (χ0) is 10.6. The molecule has 0 heterocycles. The zero-order valence-electron chi connectivity index (χ0n) is 7.47. The molecular formula is C10H10F2NO. The Morgan fingerprint density at radius 3 is 2.43 bits per heavy atom. The molecule has 1 amide bonds. The Labute approximate surface area is 80.9 Å². The van der Waals surface area contributed by atoms with Gasteiger partial charge in [0.15, 0.2) is 0 Å². The number of hydrogen-bond acceptors (Lipinski definition) is 1. The summed E-state index contributed by atoms with van der Waals surface area (Å²) < 4.78 is 23.5. The second-order valence-electron chi connectivity index (χ2n) is 2.83. The summed E-state index contributed by atoms with van der Waals surface area (Å²) in [5.74, 6) is -1.25. The Balaban J connectivity index is 2.46. The molecule has 0 atom stereocenters. The molecule has 4 heteroatoms. The van der Waals surface area contributed by atoms with Crippen molar-refractivity contribution in [2.24, 2.45) is 0 Å². The van der Waals surface area contributed by atoms with Crippen LogP contribution in [0.3, 0.4) is 0 Å². The molecule has 1 N–H and O–H groups in total. The number of benzene rings is 1. The van der Waals surface area contributed by atoms with E-state index in [9.17, 15) is 13.6 Å². The first kappa shape index (κ1) is 10.6. The fourth-order valence-corrected chi connectivity index (χ4v) is 0.923. The molecule has 1 radical (unpaired) electrons. The van der Waals surface area contributed by atoms with Gasteiger partial charge >= 0.3 is 6.43 Å². The maximum Gasteiger partial charge on any atom is 0.315 e. The summed E-state index contributed by atoms with van der Waals surface area (Å²) in [7, 11) is 0. The lowest BCUT2D eigenvalue weighted by molar-refractivity contribution is -0.131. The van der Waals surface area contributed by atoms with Gasteiger partial charge in [-0.1, -0.05) is 24.3 Å². The van der Waals surface area contributed by atoms with Crippen molar-refractivity contribution >= 4 is 5.91 Å². The average Bonchev–Trinajstić information content (AvgIpc) is 2.16. The summed E-state index contributed by atoms with van der Waals surface area (Å²) in [6.07, 6.45) is -2.96. The van der Waals surface area contributed by atoms with E-state index in [1.165, 1.54) is 0 Å². The highest BCUT2D eigenvalue weighted by atomic mass is 19.3. The second-order valence-corrected chi connectivity index (χ2v) is 2.83. The van der Waals surface area contributed by atoms with Gasteiger partial charge in [-0.05, 0) is 18.1 Å². The smallest absolute Gasteiger partial charge is 0.315 e. The van der Waals surface area contributed by atoms with Crippen molar-refractivity contribution in [1.29, 1.82) is 0 Å². The molecule has 1 aromatic carbocycles. The van der Waals surface area contributed by atoms with Crippen molar-refractivity contribution in [1.82, 2.24) is 5.32 Å². The summed E-state index contributed by atoms with van der Waals surface area (Å²) in [4.78, 5) is 10.5. The van der Waals surface area contributed by atoms with Crippen LogP contribution in [0.1, 0.15) is 11.1 Å². The Kier molecular flexibility index (Phi) is 3.56. The minimum absolute atomic E-state index is 0.115. The van der Waals surface area contributed by atoms with Gasteiger partial charge < -0.3 is 5.32 Å². The van der Waals surface area contributed by atoms with Gasteiger partial charge in [-0.25, -0.2) is 0 Å². The van der Waals surface area contributed by atoms with Gasteiger partial charge in [-0.3, -0.25) is 4.79 Å². The first-order valence-electron chi connectivity index (χ1n) is 4.06. The van der Waals surface area contributed by atoms with Gasteiger partial charge in [0, 0.05) is 6.54 Å². The van der Waals surface area contributed by atoms with E-state index in [2.05, 4.69) is 12.2 Å². The molecule has 75 valence electrons. The molecule has 14 heavy (non-hydrogen) atoms. The first-order chi connectivity index (χ1) is 6.59. The van der Waals surface area contributed by atoms with Crippen LogP contribution in [0.5, 0.6) is 0 Å². The third-order valence-corrected chi connectivity index (χ3v) is 1.69. The normalized spacial score (nSPS) is 10.3. The van der Waals surface area contributed by atoms with Gasteiger partial charge in [-0.2, -0.15) is 8.78 Å². The molecule has 0 aliphatic carbocycles. The number of amides is 1. The van der Waals surface area contributed by atoms with Crippen LogP contribution in [0.2, 0.25) is 0 Å². The molecule has 0 fully saturated rings. The summed E-state index contributed by atoms with van der Waals surface area (Å²) >= 11 is 0. The fraction of sp³-hybridized carbons (Fsp3) is 0.200. The van der Waals surface area contributed by atoms with Crippen LogP contribution in [-0.4, -0.2) is 12.3 Å². The molecule has 0 spiro atoms. The number of halogens is 2. The lowest BCUT2D eigenvalue weighted by atomic mass is 10.1. The standard InChI is InChI=1S/C10H10F2NO/c1-7-2-4-8(5-3-7)6-13-10(14)9(11)12/h2-5,9H,1,6H2,(H,13,14). The van der Waals surface area contributed by atoms with Crippen LogP contribution in [0, 0.1) is 6.92 Å². The molecule has 0 saturated heterocycles. The van der Waals surface area contributed by atoms with Crippen molar-refractivity contribution in [2.45, 2.75) is 13.0 Å². The van der Waals surface area contributed by atoms with Crippen LogP contribution in [0.25, 0.3) is 0 Å². The molecule has 0 aliphatic heterocycles. The Morgan fingerprint density at radius 1 is 1.36 bits per heavy atom. The van der Waals surface area contributed by atoms with Crippen molar-refractivity contribution in [2.75, 3.05) is 0 Å². The van der Waals surface area contributed by atoms with E-state index in [0.717, 1.165) is 11.1 Å². The van der Waals surface area contributed by atoms with Gasteiger partial charge in [0.25, 0.3) is 5.91 Å². The fourth-order valence-electron chi connectivity index (χ4n) is 0.923. The molecule has 0 bridgehead atoms. The van der Waals surface area contributed by atoms with Crippen LogP contribution < -0.4 is 5.32 Å². The monoisotopic (exact) mass is 198 g/mol. The number of carbonyl (C=O) groups excluding carboxylic acids is 1. The van der Waals surface area contributed by atoms with E-state index in [4.69, 9.17) is 0 Å². The number of hydrogen-bond donors (Lipinski definition) is 1. The van der Waals surface area contributed by atoms with E-state index in [-0.39, 0.29) is 6.54 Å². The van der Waals surface area contributed by atoms with E-state index in [1.807, 2.05) is 0 Å². The zero-order valence-corrected chi connectivity index (χ0v) is 7.47. The van der Waals surface area contributed by atoms with Crippen LogP contribution in [-0.2, 0) is 11.3 Å². The lowest BCUT2D eigenvalue weighted by Gasteiger charge is -2.04. The predicted octanol–water partition coefficient (Wildman–Crippen LogP) is 1.75. The number of carbonyl (C=O) groups is 1. The molecule has 0 aromatic heterocycles. The van der Waals surface area contributed by atoms with Gasteiger partial charge in [-0.15, -0.1) is 0 Å². The van der Waals surface area contributed by atoms with Crippen molar-refractivity contribution in [3.63, 3.8) is 0 Å². The van der Waals surface area contributed by atoms with Gasteiger partial charge in [0.2, 0.25) is 0 Å². The molecule has 1 aromatic rings. The molecule has 0 unspecified atom stereocenters. The third kappa shape index (κ3) is 3.12. The molecule has 0 aliphatic rings. The van der Waals surface area contributed by atoms with E-state index < -0.39 is 12.3 Å². The Bertz CT molecular complexity index is 308. The van der Waals surface area contributed by atoms with E-state index in [1.54, 1.807) is 24.3 Å². The van der Waals surface area contributed by atoms with E-state index >= 15 is 0 Å². The minimum atomic E-state index is -2.96. The van der Waals surface area contributed by atoms with Crippen LogP contribution in [0.4, 0.5) is 8.78 Å². The highest BCUT2D eigenvalue weighted by Gasteiger charge is 2.13. The Hall–Kier alpha value is -1.45. The minimum Gasteiger partial charge on any atom is -0.347 e. The van der Waals surface area contributed by atoms with Crippen molar-refractivity contribution in [3.05, 3.63) is 42.3 Å². The summed E-state index contributed by atoms with van der Waals surface area (Å²) in [6, 6.07) is 6.97. The Morgan fingerprint density at radius 2 is 1.93 bits per heavy atom. The van der Waals surface area contributed by atoms with Crippen molar-refractivity contribution < 1.29 is 13.6 Å². The predicted molar refractivity (Wildman–Crippen MR) is 48.8 cm³/mol. The maximum absolute atomic E-state index is 11.8. The SMILES string of the molecule is [CH2]c1ccc(CNC(=O)C(F)F)cc1. The lowest BCUT2D eigenvalue weighted by Crippen LogP contribution is -2.28. The van der Waals surface area contributed by atoms with E-state index in [0.29, 0.717) is 0 Å². The summed E-state index contributed by atoms with van der Waals surface area (Å²) in [5.41, 5.74) is 1.61. The molecule has 2 nitrogen and oxygen atoms in total. The number of rotatable bonds is 3. The highest BCUT2D eigenvalue weighted by Crippen LogP contribution is 2.02. The summed E-state index contributed by atoms with van der Waals surface area (Å²) in [6.45, 7) is 3.79. The maximum atomic E-state index is 11.8. The molecule has 0 saturated carbocycles. The van der Waals surface area contributed by atoms with Gasteiger partial charge in [0.05, 0.1) is 0 Å². The van der Waals surface area contributed by atoms with Gasteiger partial charge in [0.1, 0.15) is 0 Å². The average molecular weight is 198 g/mol. The quantitative estimate of drug-likeness (QED) is 0.787. The molecular weight excluding hydrogens is 188 g/mol.